The third-order valence-corrected chi connectivity index (χ3v) is 4.65. The van der Waals surface area contributed by atoms with Gasteiger partial charge in [-0.05, 0) is 43.5 Å². The number of hydrogen-bond acceptors (Lipinski definition) is 3. The van der Waals surface area contributed by atoms with Crippen molar-refractivity contribution in [1.29, 1.82) is 0 Å². The summed E-state index contributed by atoms with van der Waals surface area (Å²) in [6, 6.07) is 9.98. The molecule has 2 amide bonds. The number of rotatable bonds is 4. The van der Waals surface area contributed by atoms with Gasteiger partial charge in [0.2, 0.25) is 11.8 Å². The molecule has 140 valence electrons. The fraction of sp³-hybridized carbons (Fsp3) is 0.286. The molecule has 1 aromatic carbocycles. The number of halogens is 1. The second-order valence-corrected chi connectivity index (χ2v) is 6.66. The third kappa shape index (κ3) is 5.00. The average Bonchev–Trinajstić information content (AvgIpc) is 2.69. The van der Waals surface area contributed by atoms with Crippen LogP contribution in [0.2, 0.25) is 0 Å². The molecule has 0 saturated carbocycles. The van der Waals surface area contributed by atoms with Crippen molar-refractivity contribution >= 4 is 23.7 Å². The number of likely N-dealkylation sites (tertiary alicyclic amines) is 1. The van der Waals surface area contributed by atoms with Gasteiger partial charge in [0.15, 0.2) is 0 Å². The van der Waals surface area contributed by atoms with Crippen LogP contribution in [0.5, 0.6) is 0 Å². The summed E-state index contributed by atoms with van der Waals surface area (Å²) in [6.07, 6.45) is 5.77. The first-order valence-corrected chi connectivity index (χ1v) is 8.98. The smallest absolute Gasteiger partial charge is 0.246 e. The largest absolute Gasteiger partial charge is 0.339 e. The van der Waals surface area contributed by atoms with Gasteiger partial charge in [-0.3, -0.25) is 9.59 Å². The van der Waals surface area contributed by atoms with E-state index in [1.165, 1.54) is 18.2 Å². The standard InChI is InChI=1S/C21H22FN3O2/c1-15-6-8-19(23-14-15)24-21(27)17-10-12-25(13-11-17)20(26)9-7-16-4-2-3-5-18(16)22/h2-9,14,17H,10-13H2,1H3,(H,23,24,27)/b9-7+. The molecule has 1 fully saturated rings. The Morgan fingerprint density at radius 3 is 2.59 bits per heavy atom. The topological polar surface area (TPSA) is 62.3 Å². The first-order valence-electron chi connectivity index (χ1n) is 8.98. The number of nitrogens with zero attached hydrogens (tertiary/aromatic N) is 2. The first-order chi connectivity index (χ1) is 13.0. The number of carbonyl (C=O) groups excluding carboxylic acids is 2. The fourth-order valence-electron chi connectivity index (χ4n) is 3.01. The highest BCUT2D eigenvalue weighted by atomic mass is 19.1. The molecule has 0 atom stereocenters. The Kier molecular flexibility index (Phi) is 5.96. The number of anilines is 1. The molecule has 2 heterocycles. The molecular weight excluding hydrogens is 345 g/mol. The SMILES string of the molecule is Cc1ccc(NC(=O)C2CCN(C(=O)/C=C/c3ccccc3F)CC2)nc1. The van der Waals surface area contributed by atoms with Gasteiger partial charge in [-0.25, -0.2) is 9.37 Å². The molecule has 3 rings (SSSR count). The highest BCUT2D eigenvalue weighted by Crippen LogP contribution is 2.20. The van der Waals surface area contributed by atoms with E-state index in [1.807, 2.05) is 13.0 Å². The van der Waals surface area contributed by atoms with Gasteiger partial charge in [0.05, 0.1) is 0 Å². The van der Waals surface area contributed by atoms with Crippen molar-refractivity contribution in [3.63, 3.8) is 0 Å². The van der Waals surface area contributed by atoms with Crippen molar-refractivity contribution in [1.82, 2.24) is 9.88 Å². The third-order valence-electron chi connectivity index (χ3n) is 4.65. The minimum Gasteiger partial charge on any atom is -0.339 e. The molecule has 1 saturated heterocycles. The van der Waals surface area contributed by atoms with Gasteiger partial charge in [0, 0.05) is 36.8 Å². The summed E-state index contributed by atoms with van der Waals surface area (Å²) in [4.78, 5) is 30.5. The maximum atomic E-state index is 13.6. The molecule has 0 bridgehead atoms. The van der Waals surface area contributed by atoms with Crippen LogP contribution in [-0.4, -0.2) is 34.8 Å². The highest BCUT2D eigenvalue weighted by molar-refractivity contribution is 5.93. The molecule has 1 aliphatic heterocycles. The van der Waals surface area contributed by atoms with Crippen LogP contribution in [0.15, 0.2) is 48.7 Å². The van der Waals surface area contributed by atoms with Crippen molar-refractivity contribution in [2.24, 2.45) is 5.92 Å². The number of benzene rings is 1. The number of aromatic nitrogens is 1. The number of piperidine rings is 1. The molecule has 0 unspecified atom stereocenters. The van der Waals surface area contributed by atoms with Crippen molar-refractivity contribution in [2.45, 2.75) is 19.8 Å². The quantitative estimate of drug-likeness (QED) is 0.843. The van der Waals surface area contributed by atoms with Crippen molar-refractivity contribution in [3.05, 3.63) is 65.6 Å². The molecule has 5 nitrogen and oxygen atoms in total. The Balaban J connectivity index is 1.50. The van der Waals surface area contributed by atoms with E-state index in [1.54, 1.807) is 35.4 Å². The van der Waals surface area contributed by atoms with Gasteiger partial charge >= 0.3 is 0 Å². The molecule has 2 aromatic rings. The van der Waals surface area contributed by atoms with Crippen LogP contribution in [0, 0.1) is 18.7 Å². The summed E-state index contributed by atoms with van der Waals surface area (Å²) in [5.41, 5.74) is 1.41. The second kappa shape index (κ2) is 8.58. The number of amides is 2. The Morgan fingerprint density at radius 2 is 1.93 bits per heavy atom. The van der Waals surface area contributed by atoms with Crippen LogP contribution in [0.4, 0.5) is 10.2 Å². The van der Waals surface area contributed by atoms with E-state index in [0.717, 1.165) is 5.56 Å². The molecular formula is C21H22FN3O2. The summed E-state index contributed by atoms with van der Waals surface area (Å²) in [6.45, 7) is 2.94. The molecule has 0 radical (unpaired) electrons. The van der Waals surface area contributed by atoms with Crippen LogP contribution in [0.1, 0.15) is 24.0 Å². The molecule has 1 aliphatic rings. The number of hydrogen-bond donors (Lipinski definition) is 1. The van der Waals surface area contributed by atoms with E-state index in [2.05, 4.69) is 10.3 Å². The fourth-order valence-corrected chi connectivity index (χ4v) is 3.01. The van der Waals surface area contributed by atoms with Gasteiger partial charge in [-0.1, -0.05) is 24.3 Å². The zero-order chi connectivity index (χ0) is 19.2. The van der Waals surface area contributed by atoms with Crippen LogP contribution in [0.25, 0.3) is 6.08 Å². The van der Waals surface area contributed by atoms with Gasteiger partial charge < -0.3 is 10.2 Å². The first kappa shape index (κ1) is 18.8. The minimum atomic E-state index is -0.360. The van der Waals surface area contributed by atoms with Crippen molar-refractivity contribution in [2.75, 3.05) is 18.4 Å². The van der Waals surface area contributed by atoms with Crippen molar-refractivity contribution < 1.29 is 14.0 Å². The average molecular weight is 367 g/mol. The summed E-state index contributed by atoms with van der Waals surface area (Å²) in [5, 5.41) is 2.83. The Labute approximate surface area is 157 Å². The van der Waals surface area contributed by atoms with Crippen molar-refractivity contribution in [3.8, 4) is 0 Å². The lowest BCUT2D eigenvalue weighted by atomic mass is 9.96. The highest BCUT2D eigenvalue weighted by Gasteiger charge is 2.26. The van der Waals surface area contributed by atoms with E-state index in [4.69, 9.17) is 0 Å². The molecule has 0 spiro atoms. The predicted molar refractivity (Wildman–Crippen MR) is 102 cm³/mol. The molecule has 1 aromatic heterocycles. The zero-order valence-electron chi connectivity index (χ0n) is 15.2. The summed E-state index contributed by atoms with van der Waals surface area (Å²) in [7, 11) is 0. The minimum absolute atomic E-state index is 0.0691. The van der Waals surface area contributed by atoms with Crippen LogP contribution in [0.3, 0.4) is 0 Å². The Morgan fingerprint density at radius 1 is 1.19 bits per heavy atom. The van der Waals surface area contributed by atoms with Crippen LogP contribution < -0.4 is 5.32 Å². The molecule has 27 heavy (non-hydrogen) atoms. The number of pyridine rings is 1. The maximum Gasteiger partial charge on any atom is 0.246 e. The number of aryl methyl sites for hydroxylation is 1. The van der Waals surface area contributed by atoms with E-state index in [9.17, 15) is 14.0 Å². The van der Waals surface area contributed by atoms with E-state index < -0.39 is 0 Å². The van der Waals surface area contributed by atoms with E-state index in [0.29, 0.717) is 37.3 Å². The Bertz CT molecular complexity index is 841. The molecule has 1 N–H and O–H groups in total. The number of nitrogens with one attached hydrogen (secondary N) is 1. The normalized spacial score (nSPS) is 15.1. The van der Waals surface area contributed by atoms with Gasteiger partial charge in [-0.15, -0.1) is 0 Å². The lowest BCUT2D eigenvalue weighted by Crippen LogP contribution is -2.40. The predicted octanol–water partition coefficient (Wildman–Crippen LogP) is 3.42. The second-order valence-electron chi connectivity index (χ2n) is 6.66. The lowest BCUT2D eigenvalue weighted by molar-refractivity contribution is -0.130. The summed E-state index contributed by atoms with van der Waals surface area (Å²) >= 11 is 0. The molecule has 0 aliphatic carbocycles. The Hall–Kier alpha value is -3.02. The summed E-state index contributed by atoms with van der Waals surface area (Å²) in [5.74, 6) is -0.205. The zero-order valence-corrected chi connectivity index (χ0v) is 15.2. The maximum absolute atomic E-state index is 13.6. The lowest BCUT2D eigenvalue weighted by Gasteiger charge is -2.30. The van der Waals surface area contributed by atoms with Crippen LogP contribution in [-0.2, 0) is 9.59 Å². The number of carbonyl (C=O) groups is 2. The monoisotopic (exact) mass is 367 g/mol. The van der Waals surface area contributed by atoms with Gasteiger partial charge in [0.1, 0.15) is 11.6 Å². The molecule has 6 heteroatoms. The summed E-state index contributed by atoms with van der Waals surface area (Å²) < 4.78 is 13.6. The van der Waals surface area contributed by atoms with Gasteiger partial charge in [0.25, 0.3) is 0 Å². The van der Waals surface area contributed by atoms with Crippen LogP contribution >= 0.6 is 0 Å². The van der Waals surface area contributed by atoms with Gasteiger partial charge in [-0.2, -0.15) is 0 Å². The van der Waals surface area contributed by atoms with E-state index in [-0.39, 0.29) is 23.5 Å². The van der Waals surface area contributed by atoms with E-state index >= 15 is 0 Å².